The highest BCUT2D eigenvalue weighted by Gasteiger charge is 2.52. The molecule has 2 fully saturated rings. The lowest BCUT2D eigenvalue weighted by atomic mass is 9.60. The maximum absolute atomic E-state index is 12.3. The van der Waals surface area contributed by atoms with Gasteiger partial charge in [0.1, 0.15) is 11.5 Å². The van der Waals surface area contributed by atoms with Crippen molar-refractivity contribution in [2.45, 2.75) is 51.9 Å². The fourth-order valence-corrected chi connectivity index (χ4v) is 4.95. The molecule has 0 aliphatic heterocycles. The van der Waals surface area contributed by atoms with E-state index in [1.807, 2.05) is 12.1 Å². The Morgan fingerprint density at radius 3 is 2.91 bits per heavy atom. The van der Waals surface area contributed by atoms with Crippen LogP contribution in [0.5, 0.6) is 5.75 Å². The summed E-state index contributed by atoms with van der Waals surface area (Å²) in [6.07, 6.45) is 7.00. The van der Waals surface area contributed by atoms with Crippen molar-refractivity contribution in [3.63, 3.8) is 0 Å². The zero-order valence-electron chi connectivity index (χ0n) is 13.7. The molecule has 1 aromatic carbocycles. The SMILES string of the molecule is CC(=O)Oc1ccc2c(c1)CC=C1[C@@H]2CC[C@]2(C)C(=O)CC[C@@H]12. The molecule has 0 aromatic heterocycles. The molecule has 0 unspecified atom stereocenters. The number of ketones is 1. The second kappa shape index (κ2) is 5.05. The Labute approximate surface area is 136 Å². The number of rotatable bonds is 1. The van der Waals surface area contributed by atoms with E-state index in [1.54, 1.807) is 0 Å². The zero-order valence-corrected chi connectivity index (χ0v) is 13.7. The molecule has 3 atom stereocenters. The first-order chi connectivity index (χ1) is 11.0. The smallest absolute Gasteiger partial charge is 0.308 e. The van der Waals surface area contributed by atoms with Crippen LogP contribution in [-0.2, 0) is 16.0 Å². The maximum atomic E-state index is 12.3. The van der Waals surface area contributed by atoms with Crippen LogP contribution >= 0.6 is 0 Å². The Balaban J connectivity index is 1.68. The first-order valence-electron chi connectivity index (χ1n) is 8.53. The second-order valence-corrected chi connectivity index (χ2v) is 7.39. The summed E-state index contributed by atoms with van der Waals surface area (Å²) in [5.41, 5.74) is 3.97. The van der Waals surface area contributed by atoms with Crippen molar-refractivity contribution in [1.29, 1.82) is 0 Å². The van der Waals surface area contributed by atoms with Crippen molar-refractivity contribution in [3.8, 4) is 5.75 Å². The molecule has 2 saturated carbocycles. The summed E-state index contributed by atoms with van der Waals surface area (Å²) < 4.78 is 5.21. The molecule has 1 aromatic rings. The van der Waals surface area contributed by atoms with E-state index in [-0.39, 0.29) is 11.4 Å². The minimum absolute atomic E-state index is 0.127. The molecular formula is C20H22O3. The van der Waals surface area contributed by atoms with E-state index < -0.39 is 0 Å². The third-order valence-electron chi connectivity index (χ3n) is 6.13. The van der Waals surface area contributed by atoms with Crippen LogP contribution in [0.4, 0.5) is 0 Å². The van der Waals surface area contributed by atoms with Gasteiger partial charge in [-0.3, -0.25) is 9.59 Å². The lowest BCUT2D eigenvalue weighted by Gasteiger charge is -2.43. The van der Waals surface area contributed by atoms with Crippen molar-refractivity contribution in [3.05, 3.63) is 41.0 Å². The van der Waals surface area contributed by atoms with Gasteiger partial charge in [-0.2, -0.15) is 0 Å². The summed E-state index contributed by atoms with van der Waals surface area (Å²) in [6, 6.07) is 6.01. The number of carbonyl (C=O) groups excluding carboxylic acids is 2. The Bertz CT molecular complexity index is 730. The molecule has 0 saturated heterocycles. The minimum atomic E-state index is -0.283. The van der Waals surface area contributed by atoms with Crippen LogP contribution in [0.15, 0.2) is 29.8 Å². The molecule has 4 rings (SSSR count). The molecular weight excluding hydrogens is 288 g/mol. The number of hydrogen-bond donors (Lipinski definition) is 0. The largest absolute Gasteiger partial charge is 0.427 e. The third kappa shape index (κ3) is 2.17. The van der Waals surface area contributed by atoms with Gasteiger partial charge in [-0.1, -0.05) is 24.6 Å². The Hall–Kier alpha value is -1.90. The average molecular weight is 310 g/mol. The standard InChI is InChI=1S/C20H22O3/c1-12(21)23-14-4-6-15-13(11-14)3-5-17-16(15)9-10-20(2)18(17)7-8-19(20)22/h4-6,11,16,18H,3,7-10H2,1-2H3/t16-,18+,20+/m1/s1. The molecule has 0 bridgehead atoms. The first-order valence-corrected chi connectivity index (χ1v) is 8.53. The molecule has 0 radical (unpaired) electrons. The molecule has 0 heterocycles. The van der Waals surface area contributed by atoms with E-state index in [4.69, 9.17) is 4.74 Å². The van der Waals surface area contributed by atoms with Crippen LogP contribution in [0, 0.1) is 11.3 Å². The third-order valence-corrected chi connectivity index (χ3v) is 6.13. The lowest BCUT2D eigenvalue weighted by molar-refractivity contribution is -0.132. The Kier molecular flexibility index (Phi) is 3.22. The van der Waals surface area contributed by atoms with E-state index in [2.05, 4.69) is 19.1 Å². The average Bonchev–Trinajstić information content (AvgIpc) is 2.82. The van der Waals surface area contributed by atoms with Crippen molar-refractivity contribution in [1.82, 2.24) is 0 Å². The van der Waals surface area contributed by atoms with Crippen LogP contribution in [0.2, 0.25) is 0 Å². The van der Waals surface area contributed by atoms with Gasteiger partial charge < -0.3 is 4.74 Å². The highest BCUT2D eigenvalue weighted by atomic mass is 16.5. The normalized spacial score (nSPS) is 31.7. The predicted octanol–water partition coefficient (Wildman–Crippen LogP) is 3.96. The molecule has 3 nitrogen and oxygen atoms in total. The number of hydrogen-bond acceptors (Lipinski definition) is 3. The van der Waals surface area contributed by atoms with Gasteiger partial charge in [0.15, 0.2) is 0 Å². The van der Waals surface area contributed by atoms with E-state index in [0.717, 1.165) is 32.1 Å². The molecule has 3 heteroatoms. The highest BCUT2D eigenvalue weighted by Crippen LogP contribution is 2.57. The second-order valence-electron chi connectivity index (χ2n) is 7.39. The summed E-state index contributed by atoms with van der Waals surface area (Å²) in [6.45, 7) is 3.60. The van der Waals surface area contributed by atoms with Crippen LogP contribution in [-0.4, -0.2) is 11.8 Å². The number of ether oxygens (including phenoxy) is 1. The summed E-state index contributed by atoms with van der Waals surface area (Å²) in [5, 5.41) is 0. The number of benzene rings is 1. The quantitative estimate of drug-likeness (QED) is 0.448. The van der Waals surface area contributed by atoms with Gasteiger partial charge in [0.2, 0.25) is 0 Å². The molecule has 120 valence electrons. The lowest BCUT2D eigenvalue weighted by Crippen LogP contribution is -2.37. The van der Waals surface area contributed by atoms with Gasteiger partial charge in [-0.15, -0.1) is 0 Å². The van der Waals surface area contributed by atoms with Crippen LogP contribution in [0.3, 0.4) is 0 Å². The first kappa shape index (κ1) is 14.7. The van der Waals surface area contributed by atoms with Crippen LogP contribution in [0.1, 0.15) is 56.6 Å². The van der Waals surface area contributed by atoms with Gasteiger partial charge >= 0.3 is 5.97 Å². The van der Waals surface area contributed by atoms with Gasteiger partial charge in [0.25, 0.3) is 0 Å². The Morgan fingerprint density at radius 2 is 2.13 bits per heavy atom. The van der Waals surface area contributed by atoms with Crippen molar-refractivity contribution in [2.75, 3.05) is 0 Å². The minimum Gasteiger partial charge on any atom is -0.427 e. The summed E-state index contributed by atoms with van der Waals surface area (Å²) in [4.78, 5) is 23.5. The summed E-state index contributed by atoms with van der Waals surface area (Å²) in [5.74, 6) is 1.67. The van der Waals surface area contributed by atoms with Crippen molar-refractivity contribution in [2.24, 2.45) is 11.3 Å². The number of allylic oxidation sites excluding steroid dienone is 2. The van der Waals surface area contributed by atoms with Gasteiger partial charge in [0.05, 0.1) is 0 Å². The van der Waals surface area contributed by atoms with E-state index in [0.29, 0.717) is 23.4 Å². The fourth-order valence-electron chi connectivity index (χ4n) is 4.95. The fraction of sp³-hybridized carbons (Fsp3) is 0.500. The summed E-state index contributed by atoms with van der Waals surface area (Å²) >= 11 is 0. The molecule has 23 heavy (non-hydrogen) atoms. The number of carbonyl (C=O) groups is 2. The van der Waals surface area contributed by atoms with Crippen LogP contribution in [0.25, 0.3) is 0 Å². The van der Waals surface area contributed by atoms with Gasteiger partial charge in [-0.05, 0) is 54.9 Å². The van der Waals surface area contributed by atoms with Crippen molar-refractivity contribution >= 4 is 11.8 Å². The molecule has 3 aliphatic rings. The molecule has 0 spiro atoms. The van der Waals surface area contributed by atoms with E-state index in [1.165, 1.54) is 23.6 Å². The molecule has 0 amide bonds. The van der Waals surface area contributed by atoms with Gasteiger partial charge in [0, 0.05) is 24.7 Å². The number of Topliss-reactive ketones (excluding diaryl/α,β-unsaturated/α-hetero) is 1. The molecule has 3 aliphatic carbocycles. The Morgan fingerprint density at radius 1 is 1.30 bits per heavy atom. The van der Waals surface area contributed by atoms with E-state index >= 15 is 0 Å². The zero-order chi connectivity index (χ0) is 16.2. The van der Waals surface area contributed by atoms with Crippen molar-refractivity contribution < 1.29 is 14.3 Å². The number of fused-ring (bicyclic) bond motifs is 5. The number of esters is 1. The van der Waals surface area contributed by atoms with Crippen LogP contribution < -0.4 is 4.74 Å². The van der Waals surface area contributed by atoms with E-state index in [9.17, 15) is 9.59 Å². The topological polar surface area (TPSA) is 43.4 Å². The maximum Gasteiger partial charge on any atom is 0.308 e. The van der Waals surface area contributed by atoms with Gasteiger partial charge in [-0.25, -0.2) is 0 Å². The summed E-state index contributed by atoms with van der Waals surface area (Å²) in [7, 11) is 0. The predicted molar refractivity (Wildman–Crippen MR) is 87.4 cm³/mol. The molecule has 0 N–H and O–H groups in total. The monoisotopic (exact) mass is 310 g/mol. The highest BCUT2D eigenvalue weighted by molar-refractivity contribution is 5.88.